The van der Waals surface area contributed by atoms with E-state index < -0.39 is 0 Å². The zero-order chi connectivity index (χ0) is 15.2. The van der Waals surface area contributed by atoms with Gasteiger partial charge in [0.25, 0.3) is 0 Å². The molecule has 0 aliphatic heterocycles. The summed E-state index contributed by atoms with van der Waals surface area (Å²) in [5.74, 6) is 1.29. The molecule has 21 heavy (non-hydrogen) atoms. The second kappa shape index (κ2) is 8.71. The molecule has 0 bridgehead atoms. The number of aliphatic hydroxyl groups excluding tert-OH is 1. The van der Waals surface area contributed by atoms with Crippen molar-refractivity contribution in [3.05, 3.63) is 23.3 Å². The van der Waals surface area contributed by atoms with E-state index in [0.717, 1.165) is 12.3 Å². The van der Waals surface area contributed by atoms with E-state index >= 15 is 0 Å². The van der Waals surface area contributed by atoms with Crippen LogP contribution < -0.4 is 0 Å². The molecule has 0 spiro atoms. The molecule has 0 saturated carbocycles. The maximum atomic E-state index is 9.64. The fourth-order valence-corrected chi connectivity index (χ4v) is 5.10. The van der Waals surface area contributed by atoms with Crippen LogP contribution >= 0.6 is 22.6 Å². The van der Waals surface area contributed by atoms with Gasteiger partial charge in [0.2, 0.25) is 0 Å². The second-order valence-corrected chi connectivity index (χ2v) is 8.89. The average Bonchev–Trinajstić information content (AvgIpc) is 2.48. The number of allylic oxidation sites excluding steroid dienone is 4. The van der Waals surface area contributed by atoms with Gasteiger partial charge in [-0.2, -0.15) is 0 Å². The highest BCUT2D eigenvalue weighted by molar-refractivity contribution is 14.1. The molecular formula is C19H31IO. The Morgan fingerprint density at radius 1 is 1.19 bits per heavy atom. The van der Waals surface area contributed by atoms with Gasteiger partial charge >= 0.3 is 0 Å². The van der Waals surface area contributed by atoms with Crippen LogP contribution in [0.4, 0.5) is 0 Å². The van der Waals surface area contributed by atoms with Crippen molar-refractivity contribution in [2.45, 2.75) is 81.7 Å². The van der Waals surface area contributed by atoms with Crippen LogP contribution in [0.1, 0.15) is 71.6 Å². The predicted molar refractivity (Wildman–Crippen MR) is 99.9 cm³/mol. The van der Waals surface area contributed by atoms with Gasteiger partial charge in [0.05, 0.1) is 6.10 Å². The van der Waals surface area contributed by atoms with E-state index in [1.54, 1.807) is 11.1 Å². The molecule has 2 aliphatic carbocycles. The van der Waals surface area contributed by atoms with Crippen LogP contribution in [0.2, 0.25) is 0 Å². The summed E-state index contributed by atoms with van der Waals surface area (Å²) in [4.78, 5) is 0. The third kappa shape index (κ3) is 5.70. The molecule has 4 atom stereocenters. The molecule has 2 rings (SSSR count). The largest absolute Gasteiger partial charge is 0.393 e. The first-order valence-electron chi connectivity index (χ1n) is 8.76. The van der Waals surface area contributed by atoms with Crippen molar-refractivity contribution in [2.24, 2.45) is 11.8 Å². The number of rotatable bonds is 6. The maximum absolute atomic E-state index is 9.64. The molecule has 0 heterocycles. The number of hydrogen-bond donors (Lipinski definition) is 1. The fourth-order valence-electron chi connectivity index (χ4n) is 3.58. The van der Waals surface area contributed by atoms with Gasteiger partial charge in [-0.05, 0) is 87.7 Å². The van der Waals surface area contributed by atoms with Gasteiger partial charge < -0.3 is 5.11 Å². The lowest BCUT2D eigenvalue weighted by Gasteiger charge is -2.27. The normalized spacial score (nSPS) is 27.5. The van der Waals surface area contributed by atoms with Crippen LogP contribution in [0.5, 0.6) is 0 Å². The molecule has 2 aliphatic rings. The van der Waals surface area contributed by atoms with Crippen molar-refractivity contribution in [2.75, 3.05) is 0 Å². The lowest BCUT2D eigenvalue weighted by molar-refractivity contribution is 0.129. The third-order valence-corrected chi connectivity index (χ3v) is 6.28. The van der Waals surface area contributed by atoms with Gasteiger partial charge in [-0.25, -0.2) is 0 Å². The minimum absolute atomic E-state index is 0.168. The lowest BCUT2D eigenvalue weighted by Crippen LogP contribution is -2.19. The van der Waals surface area contributed by atoms with Gasteiger partial charge in [0.1, 0.15) is 0 Å². The van der Waals surface area contributed by atoms with Gasteiger partial charge in [-0.1, -0.05) is 41.7 Å². The summed E-state index contributed by atoms with van der Waals surface area (Å²) in [5, 5.41) is 9.64. The van der Waals surface area contributed by atoms with Crippen LogP contribution in [0.15, 0.2) is 23.3 Å². The molecular weight excluding hydrogens is 371 g/mol. The summed E-state index contributed by atoms with van der Waals surface area (Å²) >= 11 is 2.60. The van der Waals surface area contributed by atoms with Crippen molar-refractivity contribution < 1.29 is 5.11 Å². The molecule has 0 fully saturated rings. The van der Waals surface area contributed by atoms with Gasteiger partial charge in [-0.15, -0.1) is 0 Å². The van der Waals surface area contributed by atoms with Crippen molar-refractivity contribution in [1.29, 1.82) is 0 Å². The van der Waals surface area contributed by atoms with E-state index in [2.05, 4.69) is 41.7 Å². The van der Waals surface area contributed by atoms with Crippen LogP contribution in [-0.2, 0) is 0 Å². The molecule has 1 N–H and O–H groups in total. The third-order valence-electron chi connectivity index (χ3n) is 5.26. The van der Waals surface area contributed by atoms with Gasteiger partial charge in [-0.3, -0.25) is 0 Å². The highest BCUT2D eigenvalue weighted by atomic mass is 127. The van der Waals surface area contributed by atoms with Crippen molar-refractivity contribution in [1.82, 2.24) is 0 Å². The van der Waals surface area contributed by atoms with E-state index in [1.807, 2.05) is 6.92 Å². The molecule has 0 aromatic heterocycles. The molecule has 4 unspecified atom stereocenters. The molecule has 1 nitrogen and oxygen atoms in total. The smallest absolute Gasteiger partial charge is 0.0538 e. The molecule has 0 amide bonds. The number of aliphatic hydroxyl groups is 1. The zero-order valence-corrected chi connectivity index (χ0v) is 15.8. The molecule has 0 saturated heterocycles. The van der Waals surface area contributed by atoms with Crippen molar-refractivity contribution in [3.63, 3.8) is 0 Å². The molecule has 0 radical (unpaired) electrons. The molecule has 2 heteroatoms. The van der Waals surface area contributed by atoms with E-state index in [9.17, 15) is 5.11 Å². The molecule has 0 aromatic rings. The fraction of sp³-hybridized carbons (Fsp3) is 0.789. The van der Waals surface area contributed by atoms with Crippen LogP contribution in [0, 0.1) is 11.8 Å². The van der Waals surface area contributed by atoms with E-state index in [0.29, 0.717) is 9.84 Å². The molecule has 120 valence electrons. The highest BCUT2D eigenvalue weighted by Crippen LogP contribution is 2.36. The number of halogens is 1. The minimum Gasteiger partial charge on any atom is -0.393 e. The zero-order valence-electron chi connectivity index (χ0n) is 13.7. The van der Waals surface area contributed by atoms with Crippen LogP contribution in [0.25, 0.3) is 0 Å². The van der Waals surface area contributed by atoms with Crippen molar-refractivity contribution in [3.8, 4) is 0 Å². The van der Waals surface area contributed by atoms with Crippen LogP contribution in [-0.4, -0.2) is 15.1 Å². The first kappa shape index (κ1) is 17.5. The SMILES string of the molecule is CC(O)C(C)CC(I)CC1CC=C(C2=CCCCC2)CC1. The average molecular weight is 402 g/mol. The number of hydrogen-bond acceptors (Lipinski definition) is 1. The monoisotopic (exact) mass is 402 g/mol. The Labute approximate surface area is 144 Å². The van der Waals surface area contributed by atoms with Crippen LogP contribution in [0.3, 0.4) is 0 Å². The maximum Gasteiger partial charge on any atom is 0.0538 e. The second-order valence-electron chi connectivity index (χ2n) is 7.13. The first-order chi connectivity index (χ1) is 10.1. The first-order valence-corrected chi connectivity index (χ1v) is 10.0. The van der Waals surface area contributed by atoms with Gasteiger partial charge in [0.15, 0.2) is 0 Å². The van der Waals surface area contributed by atoms with E-state index in [4.69, 9.17) is 0 Å². The van der Waals surface area contributed by atoms with Gasteiger partial charge in [0, 0.05) is 3.92 Å². The quantitative estimate of drug-likeness (QED) is 0.439. The summed E-state index contributed by atoms with van der Waals surface area (Å²) in [7, 11) is 0. The Morgan fingerprint density at radius 2 is 1.95 bits per heavy atom. The van der Waals surface area contributed by atoms with E-state index in [-0.39, 0.29) is 6.10 Å². The standard InChI is InChI=1S/C19H31IO/c1-14(15(2)21)12-19(20)13-16-8-10-18(11-9-16)17-6-4-3-5-7-17/h6,10,14-16,19,21H,3-5,7-9,11-13H2,1-2H3. The summed E-state index contributed by atoms with van der Waals surface area (Å²) in [6.45, 7) is 4.09. The Balaban J connectivity index is 1.78. The topological polar surface area (TPSA) is 20.2 Å². The van der Waals surface area contributed by atoms with Crippen molar-refractivity contribution >= 4 is 22.6 Å². The minimum atomic E-state index is -0.168. The summed E-state index contributed by atoms with van der Waals surface area (Å²) in [5.41, 5.74) is 3.32. The summed E-state index contributed by atoms with van der Waals surface area (Å²) in [6, 6.07) is 0. The highest BCUT2D eigenvalue weighted by Gasteiger charge is 2.22. The number of alkyl halides is 1. The van der Waals surface area contributed by atoms with E-state index in [1.165, 1.54) is 51.4 Å². The Morgan fingerprint density at radius 3 is 2.52 bits per heavy atom. The summed E-state index contributed by atoms with van der Waals surface area (Å²) in [6.07, 6.45) is 16.6. The lowest BCUT2D eigenvalue weighted by atomic mass is 9.81. The molecule has 0 aromatic carbocycles. The Kier molecular flexibility index (Phi) is 7.27. The Hall–Kier alpha value is 0.170. The predicted octanol–water partition coefficient (Wildman–Crippen LogP) is 5.81. The Bertz CT molecular complexity index is 383. The summed E-state index contributed by atoms with van der Waals surface area (Å²) < 4.78 is 0.709.